The molecule has 4 rings (SSSR count). The molecule has 0 saturated carbocycles. The Morgan fingerprint density at radius 3 is 2.32 bits per heavy atom. The molecule has 0 atom stereocenters. The van der Waals surface area contributed by atoms with E-state index in [0.717, 1.165) is 21.6 Å². The summed E-state index contributed by atoms with van der Waals surface area (Å²) in [6.45, 7) is 1.73. The first kappa shape index (κ1) is 18.1. The second-order valence-corrected chi connectivity index (χ2v) is 7.85. The number of para-hydroxylation sites is 2. The summed E-state index contributed by atoms with van der Waals surface area (Å²) in [5.41, 5.74) is 2.05. The average Bonchev–Trinajstić information content (AvgIpc) is 3.24. The Bertz CT molecular complexity index is 1120. The second kappa shape index (κ2) is 7.75. The van der Waals surface area contributed by atoms with Gasteiger partial charge in [0.2, 0.25) is 0 Å². The molecular formula is C19H15N5O2S2. The monoisotopic (exact) mass is 409 g/mol. The van der Waals surface area contributed by atoms with Gasteiger partial charge in [0.1, 0.15) is 4.88 Å². The summed E-state index contributed by atoms with van der Waals surface area (Å²) in [6, 6.07) is 16.3. The lowest BCUT2D eigenvalue weighted by molar-refractivity contribution is 0.103. The first-order valence-corrected chi connectivity index (χ1v) is 9.99. The number of nitrogens with zero attached hydrogens (tertiary/aromatic N) is 2. The number of amides is 3. The van der Waals surface area contributed by atoms with Crippen LogP contribution in [0.5, 0.6) is 0 Å². The van der Waals surface area contributed by atoms with Crippen molar-refractivity contribution in [2.24, 2.45) is 0 Å². The topological polar surface area (TPSA) is 96.0 Å². The summed E-state index contributed by atoms with van der Waals surface area (Å²) in [7, 11) is 0. The summed E-state index contributed by atoms with van der Waals surface area (Å²) in [5, 5.41) is 9.04. The van der Waals surface area contributed by atoms with Gasteiger partial charge in [0, 0.05) is 5.69 Å². The van der Waals surface area contributed by atoms with Crippen LogP contribution in [0.1, 0.15) is 15.4 Å². The Kier molecular flexibility index (Phi) is 5.00. The van der Waals surface area contributed by atoms with Crippen molar-refractivity contribution in [3.05, 3.63) is 65.2 Å². The van der Waals surface area contributed by atoms with E-state index in [-0.39, 0.29) is 5.91 Å². The van der Waals surface area contributed by atoms with Crippen LogP contribution in [-0.4, -0.2) is 21.9 Å². The number of fused-ring (bicyclic) bond motifs is 1. The van der Waals surface area contributed by atoms with Gasteiger partial charge in [-0.05, 0) is 31.2 Å². The molecule has 0 aliphatic carbocycles. The molecule has 7 nitrogen and oxygen atoms in total. The molecule has 0 bridgehead atoms. The van der Waals surface area contributed by atoms with Gasteiger partial charge in [-0.2, -0.15) is 0 Å². The highest BCUT2D eigenvalue weighted by Gasteiger charge is 2.18. The third-order valence-corrected chi connectivity index (χ3v) is 5.79. The van der Waals surface area contributed by atoms with E-state index < -0.39 is 6.03 Å². The van der Waals surface area contributed by atoms with Crippen molar-refractivity contribution in [2.75, 3.05) is 16.0 Å². The fourth-order valence-corrected chi connectivity index (χ4v) is 4.24. The molecule has 0 fully saturated rings. The van der Waals surface area contributed by atoms with Gasteiger partial charge in [0.05, 0.1) is 15.9 Å². The standard InChI is InChI=1S/C19H15N5O2S2/c1-11-15(16(25)23-19-22-13-9-5-6-10-14(13)27-19)28-18(20-11)24-17(26)21-12-7-3-2-4-8-12/h2-10H,1H3,(H,22,23,25)(H2,20,21,24,26). The van der Waals surface area contributed by atoms with Crippen molar-refractivity contribution in [2.45, 2.75) is 6.92 Å². The third kappa shape index (κ3) is 4.00. The Labute approximate surface area is 168 Å². The van der Waals surface area contributed by atoms with Crippen LogP contribution in [-0.2, 0) is 0 Å². The number of carbonyl (C=O) groups excluding carboxylic acids is 2. The molecule has 2 aromatic carbocycles. The van der Waals surface area contributed by atoms with Gasteiger partial charge in [-0.1, -0.05) is 53.0 Å². The van der Waals surface area contributed by atoms with Crippen LogP contribution in [0, 0.1) is 6.92 Å². The molecule has 0 radical (unpaired) electrons. The first-order chi connectivity index (χ1) is 13.6. The Balaban J connectivity index is 1.44. The zero-order valence-corrected chi connectivity index (χ0v) is 16.4. The second-order valence-electron chi connectivity index (χ2n) is 5.82. The van der Waals surface area contributed by atoms with Crippen molar-refractivity contribution in [1.82, 2.24) is 9.97 Å². The molecule has 140 valence electrons. The summed E-state index contributed by atoms with van der Waals surface area (Å²) < 4.78 is 0.999. The number of rotatable bonds is 4. The fraction of sp³-hybridized carbons (Fsp3) is 0.0526. The van der Waals surface area contributed by atoms with Gasteiger partial charge >= 0.3 is 6.03 Å². The molecule has 3 N–H and O–H groups in total. The normalized spacial score (nSPS) is 10.6. The first-order valence-electron chi connectivity index (χ1n) is 8.36. The molecule has 3 amide bonds. The number of thiazole rings is 2. The molecule has 9 heteroatoms. The van der Waals surface area contributed by atoms with Crippen molar-refractivity contribution < 1.29 is 9.59 Å². The van der Waals surface area contributed by atoms with Gasteiger partial charge in [-0.15, -0.1) is 0 Å². The van der Waals surface area contributed by atoms with E-state index in [1.54, 1.807) is 19.1 Å². The van der Waals surface area contributed by atoms with Gasteiger partial charge in [-0.3, -0.25) is 15.4 Å². The number of anilines is 3. The number of benzene rings is 2. The van der Waals surface area contributed by atoms with E-state index in [1.807, 2.05) is 42.5 Å². The minimum atomic E-state index is -0.418. The molecular weight excluding hydrogens is 394 g/mol. The highest BCUT2D eigenvalue weighted by atomic mass is 32.1. The summed E-state index contributed by atoms with van der Waals surface area (Å²) in [4.78, 5) is 33.8. The molecule has 0 aliphatic heterocycles. The lowest BCUT2D eigenvalue weighted by Crippen LogP contribution is -2.19. The van der Waals surface area contributed by atoms with Crippen LogP contribution in [0.2, 0.25) is 0 Å². The highest BCUT2D eigenvalue weighted by Crippen LogP contribution is 2.28. The number of hydrogen-bond acceptors (Lipinski definition) is 6. The minimum absolute atomic E-state index is 0.300. The van der Waals surface area contributed by atoms with Crippen molar-refractivity contribution >= 4 is 60.8 Å². The number of urea groups is 1. The molecule has 0 aliphatic rings. The van der Waals surface area contributed by atoms with Crippen LogP contribution in [0.4, 0.5) is 20.7 Å². The molecule has 2 aromatic heterocycles. The summed E-state index contributed by atoms with van der Waals surface area (Å²) >= 11 is 2.52. The van der Waals surface area contributed by atoms with E-state index in [1.165, 1.54) is 11.3 Å². The number of nitrogens with one attached hydrogen (secondary N) is 3. The van der Waals surface area contributed by atoms with Gasteiger partial charge < -0.3 is 5.32 Å². The Morgan fingerprint density at radius 2 is 1.54 bits per heavy atom. The van der Waals surface area contributed by atoms with Gasteiger partial charge in [-0.25, -0.2) is 14.8 Å². The third-order valence-electron chi connectivity index (χ3n) is 3.77. The maximum atomic E-state index is 12.6. The number of hydrogen-bond donors (Lipinski definition) is 3. The predicted octanol–water partition coefficient (Wildman–Crippen LogP) is 4.96. The SMILES string of the molecule is Cc1nc(NC(=O)Nc2ccccc2)sc1C(=O)Nc1nc2ccccc2s1. The van der Waals surface area contributed by atoms with Crippen LogP contribution < -0.4 is 16.0 Å². The van der Waals surface area contributed by atoms with E-state index in [0.29, 0.717) is 26.5 Å². The smallest absolute Gasteiger partial charge is 0.308 e. The lowest BCUT2D eigenvalue weighted by Gasteiger charge is -2.04. The maximum absolute atomic E-state index is 12.6. The molecule has 4 aromatic rings. The number of aromatic nitrogens is 2. The Morgan fingerprint density at radius 1 is 0.821 bits per heavy atom. The maximum Gasteiger partial charge on any atom is 0.325 e. The predicted molar refractivity (Wildman–Crippen MR) is 114 cm³/mol. The lowest BCUT2D eigenvalue weighted by atomic mass is 10.3. The van der Waals surface area contributed by atoms with Gasteiger partial charge in [0.15, 0.2) is 10.3 Å². The molecule has 0 saturated heterocycles. The van der Waals surface area contributed by atoms with Gasteiger partial charge in [0.25, 0.3) is 5.91 Å². The number of carbonyl (C=O) groups is 2. The zero-order chi connectivity index (χ0) is 19.5. The molecule has 0 spiro atoms. The Hall–Kier alpha value is -3.30. The van der Waals surface area contributed by atoms with Crippen LogP contribution >= 0.6 is 22.7 Å². The zero-order valence-electron chi connectivity index (χ0n) is 14.7. The summed E-state index contributed by atoms with van der Waals surface area (Å²) in [6.07, 6.45) is 0. The average molecular weight is 409 g/mol. The molecule has 0 unspecified atom stereocenters. The summed E-state index contributed by atoms with van der Waals surface area (Å²) in [5.74, 6) is -0.300. The van der Waals surface area contributed by atoms with E-state index in [4.69, 9.17) is 0 Å². The molecule has 28 heavy (non-hydrogen) atoms. The van der Waals surface area contributed by atoms with Crippen molar-refractivity contribution in [1.29, 1.82) is 0 Å². The fourth-order valence-electron chi connectivity index (χ4n) is 2.52. The van der Waals surface area contributed by atoms with Crippen LogP contribution in [0.3, 0.4) is 0 Å². The largest absolute Gasteiger partial charge is 0.325 e. The highest BCUT2D eigenvalue weighted by molar-refractivity contribution is 7.22. The van der Waals surface area contributed by atoms with E-state index in [2.05, 4.69) is 25.9 Å². The van der Waals surface area contributed by atoms with Crippen LogP contribution in [0.25, 0.3) is 10.2 Å². The number of aryl methyl sites for hydroxylation is 1. The van der Waals surface area contributed by atoms with E-state index >= 15 is 0 Å². The van der Waals surface area contributed by atoms with E-state index in [9.17, 15) is 9.59 Å². The quantitative estimate of drug-likeness (QED) is 0.444. The van der Waals surface area contributed by atoms with Crippen molar-refractivity contribution in [3.63, 3.8) is 0 Å². The van der Waals surface area contributed by atoms with Crippen molar-refractivity contribution in [3.8, 4) is 0 Å². The minimum Gasteiger partial charge on any atom is -0.308 e. The van der Waals surface area contributed by atoms with Crippen LogP contribution in [0.15, 0.2) is 54.6 Å². The molecule has 2 heterocycles.